The molecule has 158 valence electrons. The Morgan fingerprint density at radius 3 is 2.55 bits per heavy atom. The van der Waals surface area contributed by atoms with Gasteiger partial charge in [-0.05, 0) is 49.2 Å². The molecule has 0 heterocycles. The number of nitrogens with zero attached hydrogens (tertiary/aromatic N) is 1. The summed E-state index contributed by atoms with van der Waals surface area (Å²) in [7, 11) is 3.22. The molecule has 7 heteroatoms. The van der Waals surface area contributed by atoms with Crippen LogP contribution in [0.25, 0.3) is 0 Å². The van der Waals surface area contributed by atoms with Gasteiger partial charge in [-0.1, -0.05) is 18.2 Å². The van der Waals surface area contributed by atoms with Crippen LogP contribution in [0.2, 0.25) is 0 Å². The number of guanidine groups is 1. The van der Waals surface area contributed by atoms with Gasteiger partial charge >= 0.3 is 0 Å². The van der Waals surface area contributed by atoms with Gasteiger partial charge in [-0.2, -0.15) is 0 Å². The van der Waals surface area contributed by atoms with Crippen LogP contribution < -0.4 is 24.8 Å². The van der Waals surface area contributed by atoms with Crippen molar-refractivity contribution in [2.24, 2.45) is 4.99 Å². The number of aliphatic hydroxyl groups excluding tert-OH is 1. The quantitative estimate of drug-likeness (QED) is 0.419. The van der Waals surface area contributed by atoms with Crippen LogP contribution in [0.1, 0.15) is 18.1 Å². The van der Waals surface area contributed by atoms with Gasteiger partial charge in [0.05, 0.1) is 20.8 Å². The largest absolute Gasteiger partial charge is 0.493 e. The molecule has 3 N–H and O–H groups in total. The molecule has 0 aliphatic rings. The number of benzene rings is 2. The Morgan fingerprint density at radius 1 is 1.07 bits per heavy atom. The first kappa shape index (κ1) is 22.4. The lowest BCUT2D eigenvalue weighted by Gasteiger charge is -2.16. The van der Waals surface area contributed by atoms with E-state index in [0.717, 1.165) is 16.9 Å². The molecule has 0 bridgehead atoms. The van der Waals surface area contributed by atoms with E-state index >= 15 is 0 Å². The maximum atomic E-state index is 10.2. The molecule has 2 aromatic rings. The number of nitrogens with one attached hydrogen (secondary N) is 2. The first-order chi connectivity index (χ1) is 14.0. The average Bonchev–Trinajstić information content (AvgIpc) is 2.74. The fourth-order valence-corrected chi connectivity index (χ4v) is 2.66. The van der Waals surface area contributed by atoms with Crippen molar-refractivity contribution in [1.29, 1.82) is 0 Å². The van der Waals surface area contributed by atoms with Crippen LogP contribution in [0.3, 0.4) is 0 Å². The van der Waals surface area contributed by atoms with E-state index < -0.39 is 6.10 Å². The lowest BCUT2D eigenvalue weighted by molar-refractivity contribution is 0.110. The van der Waals surface area contributed by atoms with Gasteiger partial charge < -0.3 is 30.0 Å². The third kappa shape index (κ3) is 7.54. The van der Waals surface area contributed by atoms with E-state index in [1.54, 1.807) is 14.2 Å². The van der Waals surface area contributed by atoms with Crippen molar-refractivity contribution in [2.75, 3.05) is 33.9 Å². The molecule has 2 aromatic carbocycles. The Balaban J connectivity index is 1.88. The highest BCUT2D eigenvalue weighted by molar-refractivity contribution is 5.79. The Bertz CT molecular complexity index is 795. The molecule has 0 aliphatic heterocycles. The fraction of sp³-hybridized carbons (Fsp3) is 0.409. The van der Waals surface area contributed by atoms with Crippen molar-refractivity contribution in [2.45, 2.75) is 26.5 Å². The van der Waals surface area contributed by atoms with E-state index in [1.165, 1.54) is 0 Å². The van der Waals surface area contributed by atoms with Gasteiger partial charge in [0.15, 0.2) is 17.5 Å². The smallest absolute Gasteiger partial charge is 0.191 e. The fourth-order valence-electron chi connectivity index (χ4n) is 2.66. The number of methoxy groups -OCH3 is 2. The molecule has 0 radical (unpaired) electrons. The van der Waals surface area contributed by atoms with Crippen LogP contribution in [-0.4, -0.2) is 51.1 Å². The molecular formula is C22H31N3O4. The number of aliphatic hydroxyl groups is 1. The van der Waals surface area contributed by atoms with E-state index in [9.17, 15) is 5.11 Å². The second kappa shape index (κ2) is 11.8. The van der Waals surface area contributed by atoms with Gasteiger partial charge in [-0.15, -0.1) is 0 Å². The van der Waals surface area contributed by atoms with Crippen molar-refractivity contribution < 1.29 is 19.3 Å². The van der Waals surface area contributed by atoms with E-state index in [1.807, 2.05) is 56.3 Å². The minimum absolute atomic E-state index is 0.200. The zero-order valence-corrected chi connectivity index (χ0v) is 17.6. The summed E-state index contributed by atoms with van der Waals surface area (Å²) in [6.45, 7) is 5.70. The highest BCUT2D eigenvalue weighted by atomic mass is 16.5. The van der Waals surface area contributed by atoms with Crippen LogP contribution in [-0.2, 0) is 6.54 Å². The van der Waals surface area contributed by atoms with Crippen LogP contribution in [0.5, 0.6) is 17.2 Å². The molecule has 7 nitrogen and oxygen atoms in total. The summed E-state index contributed by atoms with van der Waals surface area (Å²) < 4.78 is 16.2. The van der Waals surface area contributed by atoms with Crippen LogP contribution in [0.15, 0.2) is 47.5 Å². The Hall–Kier alpha value is -2.93. The number of ether oxygens (including phenoxy) is 3. The molecule has 0 amide bonds. The molecule has 1 unspecified atom stereocenters. The second-order valence-corrected chi connectivity index (χ2v) is 6.55. The molecule has 0 saturated carbocycles. The van der Waals surface area contributed by atoms with Crippen molar-refractivity contribution in [1.82, 2.24) is 10.6 Å². The third-order valence-electron chi connectivity index (χ3n) is 4.15. The van der Waals surface area contributed by atoms with Gasteiger partial charge in [0.25, 0.3) is 0 Å². The predicted molar refractivity (Wildman–Crippen MR) is 115 cm³/mol. The molecule has 1 atom stereocenters. The maximum absolute atomic E-state index is 10.2. The van der Waals surface area contributed by atoms with Gasteiger partial charge in [-0.25, -0.2) is 4.99 Å². The maximum Gasteiger partial charge on any atom is 0.191 e. The van der Waals surface area contributed by atoms with Crippen LogP contribution >= 0.6 is 0 Å². The zero-order valence-electron chi connectivity index (χ0n) is 17.6. The third-order valence-corrected chi connectivity index (χ3v) is 4.15. The zero-order chi connectivity index (χ0) is 21.1. The average molecular weight is 402 g/mol. The summed E-state index contributed by atoms with van der Waals surface area (Å²) in [5, 5.41) is 16.5. The Kier molecular flexibility index (Phi) is 9.11. The molecule has 0 aliphatic carbocycles. The van der Waals surface area contributed by atoms with Crippen molar-refractivity contribution in [3.05, 3.63) is 53.6 Å². The number of aryl methyl sites for hydroxylation is 1. The highest BCUT2D eigenvalue weighted by Crippen LogP contribution is 2.27. The summed E-state index contributed by atoms with van der Waals surface area (Å²) in [4.78, 5) is 4.56. The monoisotopic (exact) mass is 401 g/mol. The highest BCUT2D eigenvalue weighted by Gasteiger charge is 2.08. The number of aliphatic imine (C=N–C) groups is 1. The number of hydrogen-bond donors (Lipinski definition) is 3. The molecule has 0 spiro atoms. The molecular weight excluding hydrogens is 370 g/mol. The molecule has 0 aromatic heterocycles. The van der Waals surface area contributed by atoms with Gasteiger partial charge in [0.1, 0.15) is 18.5 Å². The lowest BCUT2D eigenvalue weighted by Crippen LogP contribution is -2.42. The molecule has 0 saturated heterocycles. The van der Waals surface area contributed by atoms with Crippen LogP contribution in [0, 0.1) is 6.92 Å². The van der Waals surface area contributed by atoms with Crippen LogP contribution in [0.4, 0.5) is 0 Å². The summed E-state index contributed by atoms with van der Waals surface area (Å²) in [6, 6.07) is 13.4. The van der Waals surface area contributed by atoms with E-state index in [2.05, 4.69) is 15.6 Å². The molecule has 29 heavy (non-hydrogen) atoms. The predicted octanol–water partition coefficient (Wildman–Crippen LogP) is 2.51. The van der Waals surface area contributed by atoms with Crippen molar-refractivity contribution in [3.8, 4) is 17.2 Å². The van der Waals surface area contributed by atoms with Crippen molar-refractivity contribution >= 4 is 5.96 Å². The lowest BCUT2D eigenvalue weighted by atomic mass is 10.2. The van der Waals surface area contributed by atoms with E-state index in [4.69, 9.17) is 14.2 Å². The summed E-state index contributed by atoms with van der Waals surface area (Å²) in [5.41, 5.74) is 2.11. The van der Waals surface area contributed by atoms with E-state index in [-0.39, 0.29) is 6.61 Å². The topological polar surface area (TPSA) is 84.3 Å². The minimum Gasteiger partial charge on any atom is -0.493 e. The normalized spacial score (nSPS) is 12.2. The summed E-state index contributed by atoms with van der Waals surface area (Å²) >= 11 is 0. The van der Waals surface area contributed by atoms with E-state index in [0.29, 0.717) is 37.1 Å². The Morgan fingerprint density at radius 2 is 1.86 bits per heavy atom. The first-order valence-corrected chi connectivity index (χ1v) is 9.66. The SMILES string of the molecule is CCNC(=NCc1ccc(OC)c(OC)c1)NCC(O)COc1cccc(C)c1. The molecule has 2 rings (SSSR count). The molecule has 0 fully saturated rings. The minimum atomic E-state index is -0.666. The second-order valence-electron chi connectivity index (χ2n) is 6.55. The number of hydrogen-bond acceptors (Lipinski definition) is 5. The summed E-state index contributed by atoms with van der Waals surface area (Å²) in [5.74, 6) is 2.72. The van der Waals surface area contributed by atoms with Crippen molar-refractivity contribution in [3.63, 3.8) is 0 Å². The summed E-state index contributed by atoms with van der Waals surface area (Å²) in [6.07, 6.45) is -0.666. The number of rotatable bonds is 10. The van der Waals surface area contributed by atoms with Gasteiger partial charge in [0.2, 0.25) is 0 Å². The first-order valence-electron chi connectivity index (χ1n) is 9.66. The standard InChI is InChI=1S/C22H31N3O4/c1-5-23-22(24-13-17-9-10-20(27-3)21(12-17)28-4)25-14-18(26)15-29-19-8-6-7-16(2)11-19/h6-12,18,26H,5,13-15H2,1-4H3,(H2,23,24,25). The Labute approximate surface area is 172 Å². The van der Waals surface area contributed by atoms with Gasteiger partial charge in [-0.3, -0.25) is 0 Å². The van der Waals surface area contributed by atoms with Gasteiger partial charge in [0, 0.05) is 13.1 Å².